The van der Waals surface area contributed by atoms with Crippen molar-refractivity contribution in [1.29, 1.82) is 0 Å². The number of anilines is 1. The van der Waals surface area contributed by atoms with E-state index < -0.39 is 17.4 Å². The summed E-state index contributed by atoms with van der Waals surface area (Å²) in [4.78, 5) is 39.4. The normalized spacial score (nSPS) is 17.3. The van der Waals surface area contributed by atoms with E-state index in [0.29, 0.717) is 12.3 Å². The lowest BCUT2D eigenvalue weighted by atomic mass is 10.0. The standard InChI is InChI=1S/C19H25N5O4/c1-13-10-16(22-28-13)21-17(25)12-24-9-5-7-15(19(24)27)18(26)20-11-14-6-3-4-8-23(14)2/h5,7,9-10,14H,3-4,6,8,11-12H2,1-2H3,(H,20,26)(H,21,22,25). The lowest BCUT2D eigenvalue weighted by molar-refractivity contribution is -0.116. The smallest absolute Gasteiger partial charge is 0.263 e. The Morgan fingerprint density at radius 2 is 2.18 bits per heavy atom. The second-order valence-electron chi connectivity index (χ2n) is 7.07. The average molecular weight is 387 g/mol. The zero-order valence-electron chi connectivity index (χ0n) is 16.1. The summed E-state index contributed by atoms with van der Waals surface area (Å²) in [6.07, 6.45) is 4.81. The number of piperidine rings is 1. The van der Waals surface area contributed by atoms with Gasteiger partial charge in [-0.1, -0.05) is 11.6 Å². The molecular weight excluding hydrogens is 362 g/mol. The average Bonchev–Trinajstić information content (AvgIpc) is 3.07. The first kappa shape index (κ1) is 19.8. The van der Waals surface area contributed by atoms with Crippen molar-refractivity contribution in [2.75, 3.05) is 25.5 Å². The first-order chi connectivity index (χ1) is 13.4. The van der Waals surface area contributed by atoms with E-state index in [1.54, 1.807) is 19.1 Å². The predicted molar refractivity (Wildman–Crippen MR) is 103 cm³/mol. The van der Waals surface area contributed by atoms with Crippen LogP contribution in [0.25, 0.3) is 0 Å². The number of likely N-dealkylation sites (tertiary alicyclic amines) is 1. The zero-order valence-corrected chi connectivity index (χ0v) is 16.1. The molecule has 0 saturated carbocycles. The molecule has 1 fully saturated rings. The van der Waals surface area contributed by atoms with E-state index in [4.69, 9.17) is 4.52 Å². The van der Waals surface area contributed by atoms with Crippen molar-refractivity contribution in [3.05, 3.63) is 46.1 Å². The van der Waals surface area contributed by atoms with Gasteiger partial charge < -0.3 is 24.6 Å². The number of nitrogens with zero attached hydrogens (tertiary/aromatic N) is 3. The van der Waals surface area contributed by atoms with Crippen molar-refractivity contribution >= 4 is 17.6 Å². The molecular formula is C19H25N5O4. The topological polar surface area (TPSA) is 109 Å². The Balaban J connectivity index is 1.62. The molecule has 2 aromatic rings. The van der Waals surface area contributed by atoms with Gasteiger partial charge in [-0.05, 0) is 45.5 Å². The highest BCUT2D eigenvalue weighted by Crippen LogP contribution is 2.14. The van der Waals surface area contributed by atoms with Crippen LogP contribution in [0.2, 0.25) is 0 Å². The number of carbonyl (C=O) groups excluding carboxylic acids is 2. The Kier molecular flexibility index (Phi) is 6.25. The highest BCUT2D eigenvalue weighted by atomic mass is 16.5. The van der Waals surface area contributed by atoms with Crippen LogP contribution in [0, 0.1) is 6.92 Å². The number of hydrogen-bond acceptors (Lipinski definition) is 6. The predicted octanol–water partition coefficient (Wildman–Crippen LogP) is 0.998. The fourth-order valence-electron chi connectivity index (χ4n) is 3.30. The fraction of sp³-hybridized carbons (Fsp3) is 0.474. The molecule has 3 rings (SSSR count). The van der Waals surface area contributed by atoms with E-state index in [1.165, 1.54) is 23.3 Å². The molecule has 2 N–H and O–H groups in total. The maximum absolute atomic E-state index is 12.6. The maximum Gasteiger partial charge on any atom is 0.263 e. The Hall–Kier alpha value is -2.94. The van der Waals surface area contributed by atoms with Gasteiger partial charge in [-0.2, -0.15) is 0 Å². The van der Waals surface area contributed by atoms with Gasteiger partial charge in [0.15, 0.2) is 5.82 Å². The SMILES string of the molecule is Cc1cc(NC(=O)Cn2cccc(C(=O)NCC3CCCCN3C)c2=O)no1. The fourth-order valence-corrected chi connectivity index (χ4v) is 3.30. The van der Waals surface area contributed by atoms with Gasteiger partial charge in [0.1, 0.15) is 17.9 Å². The van der Waals surface area contributed by atoms with Crippen LogP contribution in [0.4, 0.5) is 5.82 Å². The number of carbonyl (C=O) groups is 2. The van der Waals surface area contributed by atoms with Crippen molar-refractivity contribution in [3.63, 3.8) is 0 Å². The summed E-state index contributed by atoms with van der Waals surface area (Å²) in [5.74, 6) is -0.0153. The van der Waals surface area contributed by atoms with E-state index >= 15 is 0 Å². The minimum Gasteiger partial charge on any atom is -0.360 e. The molecule has 0 bridgehead atoms. The molecule has 3 heterocycles. The Labute approximate surface area is 162 Å². The van der Waals surface area contributed by atoms with Gasteiger partial charge in [-0.3, -0.25) is 14.4 Å². The molecule has 0 aromatic carbocycles. The Bertz CT molecular complexity index is 904. The molecule has 9 nitrogen and oxygen atoms in total. The third-order valence-corrected chi connectivity index (χ3v) is 4.89. The molecule has 2 aromatic heterocycles. The summed E-state index contributed by atoms with van der Waals surface area (Å²) in [6.45, 7) is 2.99. The van der Waals surface area contributed by atoms with E-state index in [-0.39, 0.29) is 24.0 Å². The van der Waals surface area contributed by atoms with Crippen molar-refractivity contribution in [3.8, 4) is 0 Å². The van der Waals surface area contributed by atoms with E-state index in [9.17, 15) is 14.4 Å². The van der Waals surface area contributed by atoms with Crippen LogP contribution in [0.5, 0.6) is 0 Å². The zero-order chi connectivity index (χ0) is 20.1. The number of rotatable bonds is 6. The minimum atomic E-state index is -0.511. The molecule has 0 aliphatic carbocycles. The number of nitrogens with one attached hydrogen (secondary N) is 2. The van der Waals surface area contributed by atoms with Crippen LogP contribution in [0.1, 0.15) is 35.4 Å². The van der Waals surface area contributed by atoms with Crippen molar-refractivity contribution in [1.82, 2.24) is 19.9 Å². The number of amides is 2. The monoisotopic (exact) mass is 387 g/mol. The Morgan fingerprint density at radius 3 is 2.89 bits per heavy atom. The summed E-state index contributed by atoms with van der Waals surface area (Å²) in [6, 6.07) is 4.90. The highest BCUT2D eigenvalue weighted by Gasteiger charge is 2.21. The van der Waals surface area contributed by atoms with Crippen molar-refractivity contribution in [2.24, 2.45) is 0 Å². The lowest BCUT2D eigenvalue weighted by Crippen LogP contribution is -2.45. The van der Waals surface area contributed by atoms with Crippen molar-refractivity contribution in [2.45, 2.75) is 38.8 Å². The van der Waals surface area contributed by atoms with Crippen molar-refractivity contribution < 1.29 is 14.1 Å². The van der Waals surface area contributed by atoms with Crippen LogP contribution in [-0.4, -0.2) is 52.6 Å². The highest BCUT2D eigenvalue weighted by molar-refractivity contribution is 5.94. The van der Waals surface area contributed by atoms with Gasteiger partial charge >= 0.3 is 0 Å². The minimum absolute atomic E-state index is 0.0195. The molecule has 28 heavy (non-hydrogen) atoms. The first-order valence-electron chi connectivity index (χ1n) is 9.35. The Morgan fingerprint density at radius 1 is 1.36 bits per heavy atom. The van der Waals surface area contributed by atoms with Gasteiger partial charge in [0.05, 0.1) is 0 Å². The largest absolute Gasteiger partial charge is 0.360 e. The number of aryl methyl sites for hydroxylation is 1. The molecule has 150 valence electrons. The van der Waals surface area contributed by atoms with Gasteiger partial charge in [-0.25, -0.2) is 0 Å². The maximum atomic E-state index is 12.6. The summed E-state index contributed by atoms with van der Waals surface area (Å²) in [5.41, 5.74) is -0.491. The molecule has 1 aliphatic heterocycles. The van der Waals surface area contributed by atoms with Gasteiger partial charge in [0.2, 0.25) is 5.91 Å². The van der Waals surface area contributed by atoms with Crippen LogP contribution in [0.15, 0.2) is 33.7 Å². The van der Waals surface area contributed by atoms with Crippen LogP contribution in [0.3, 0.4) is 0 Å². The van der Waals surface area contributed by atoms with Crippen LogP contribution in [-0.2, 0) is 11.3 Å². The number of pyridine rings is 1. The summed E-state index contributed by atoms with van der Waals surface area (Å²) < 4.78 is 6.08. The quantitative estimate of drug-likeness (QED) is 0.765. The molecule has 0 spiro atoms. The molecule has 1 unspecified atom stereocenters. The third kappa shape index (κ3) is 4.86. The number of hydrogen-bond donors (Lipinski definition) is 2. The summed E-state index contributed by atoms with van der Waals surface area (Å²) >= 11 is 0. The van der Waals surface area contributed by atoms with E-state index in [0.717, 1.165) is 19.4 Å². The summed E-state index contributed by atoms with van der Waals surface area (Å²) in [7, 11) is 2.04. The second kappa shape index (κ2) is 8.83. The summed E-state index contributed by atoms with van der Waals surface area (Å²) in [5, 5.41) is 9.07. The third-order valence-electron chi connectivity index (χ3n) is 4.89. The molecule has 2 amide bonds. The number of likely N-dealkylation sites (N-methyl/N-ethyl adjacent to an activating group) is 1. The first-order valence-corrected chi connectivity index (χ1v) is 9.35. The molecule has 9 heteroatoms. The van der Waals surface area contributed by atoms with Crippen LogP contribution >= 0.6 is 0 Å². The molecule has 1 saturated heterocycles. The van der Waals surface area contributed by atoms with E-state index in [1.807, 2.05) is 7.05 Å². The van der Waals surface area contributed by atoms with Gasteiger partial charge in [0.25, 0.3) is 11.5 Å². The lowest BCUT2D eigenvalue weighted by Gasteiger charge is -2.32. The van der Waals surface area contributed by atoms with Gasteiger partial charge in [-0.15, -0.1) is 0 Å². The molecule has 1 atom stereocenters. The second-order valence-corrected chi connectivity index (χ2v) is 7.07. The van der Waals surface area contributed by atoms with Gasteiger partial charge in [0, 0.05) is 24.8 Å². The molecule has 1 aliphatic rings. The van der Waals surface area contributed by atoms with E-state index in [2.05, 4.69) is 20.7 Å². The number of aromatic nitrogens is 2. The van der Waals surface area contributed by atoms with Crippen LogP contribution < -0.4 is 16.2 Å². The molecule has 0 radical (unpaired) electrons.